The first-order valence-electron chi connectivity index (χ1n) is 5.47. The van der Waals surface area contributed by atoms with Crippen LogP contribution >= 0.6 is 22.9 Å². The number of halogens is 1. The predicted octanol–water partition coefficient (Wildman–Crippen LogP) is 3.40. The Hall–Kier alpha value is -1.92. The van der Waals surface area contributed by atoms with Gasteiger partial charge in [-0.25, -0.2) is 4.98 Å². The van der Waals surface area contributed by atoms with Gasteiger partial charge in [-0.3, -0.25) is 0 Å². The summed E-state index contributed by atoms with van der Waals surface area (Å²) in [5.74, 6) is 0.855. The Bertz CT molecular complexity index is 737. The van der Waals surface area contributed by atoms with E-state index in [-0.39, 0.29) is 0 Å². The number of anilines is 1. The van der Waals surface area contributed by atoms with E-state index in [1.807, 2.05) is 25.1 Å². The number of benzene rings is 1. The van der Waals surface area contributed by atoms with E-state index >= 15 is 0 Å². The third-order valence-electron chi connectivity index (χ3n) is 2.55. The molecule has 96 valence electrons. The molecule has 1 aromatic carbocycles. The van der Waals surface area contributed by atoms with Crippen molar-refractivity contribution in [1.82, 2.24) is 15.1 Å². The summed E-state index contributed by atoms with van der Waals surface area (Å²) in [6, 6.07) is 7.34. The molecule has 0 aliphatic heterocycles. The summed E-state index contributed by atoms with van der Waals surface area (Å²) in [5.41, 5.74) is 7.16. The molecule has 0 saturated heterocycles. The molecule has 0 unspecified atom stereocenters. The fraction of sp³-hybridized carbons (Fsp3) is 0.0833. The average Bonchev–Trinajstić information content (AvgIpc) is 2.96. The number of aryl methyl sites for hydroxylation is 1. The first-order valence-corrected chi connectivity index (χ1v) is 6.66. The maximum absolute atomic E-state index is 6.10. The van der Waals surface area contributed by atoms with Crippen molar-refractivity contribution in [2.24, 2.45) is 0 Å². The number of nitrogen functional groups attached to an aromatic ring is 1. The van der Waals surface area contributed by atoms with Gasteiger partial charge in [-0.05, 0) is 19.1 Å². The summed E-state index contributed by atoms with van der Waals surface area (Å²) in [6.45, 7) is 1.85. The number of aromatic nitrogens is 3. The van der Waals surface area contributed by atoms with Gasteiger partial charge in [0.1, 0.15) is 4.88 Å². The molecule has 19 heavy (non-hydrogen) atoms. The molecule has 3 rings (SSSR count). The summed E-state index contributed by atoms with van der Waals surface area (Å²) in [6.07, 6.45) is 0. The van der Waals surface area contributed by atoms with Crippen LogP contribution in [0.2, 0.25) is 5.02 Å². The zero-order valence-corrected chi connectivity index (χ0v) is 11.5. The Morgan fingerprint density at radius 2 is 2.05 bits per heavy atom. The lowest BCUT2D eigenvalue weighted by Crippen LogP contribution is -1.82. The molecule has 7 heteroatoms. The Morgan fingerprint density at radius 1 is 1.26 bits per heavy atom. The molecule has 2 aromatic heterocycles. The standard InChI is InChI=1S/C12H9ClN4OS/c1-6-9(19-12(14)15-6)11-16-10(17-18-11)7-4-2-3-5-8(7)13/h2-5H,1H3,(H2,14,15). The first-order chi connectivity index (χ1) is 9.15. The van der Waals surface area contributed by atoms with Crippen LogP contribution < -0.4 is 5.73 Å². The van der Waals surface area contributed by atoms with Crippen LogP contribution in [-0.4, -0.2) is 15.1 Å². The predicted molar refractivity (Wildman–Crippen MR) is 75.0 cm³/mol. The highest BCUT2D eigenvalue weighted by Gasteiger charge is 2.17. The number of rotatable bonds is 2. The molecule has 0 aliphatic rings. The molecule has 0 saturated carbocycles. The summed E-state index contributed by atoms with van der Waals surface area (Å²) >= 11 is 7.42. The normalized spacial score (nSPS) is 10.8. The van der Waals surface area contributed by atoms with Crippen LogP contribution in [0.15, 0.2) is 28.8 Å². The molecular formula is C12H9ClN4OS. The zero-order chi connectivity index (χ0) is 13.4. The maximum atomic E-state index is 6.10. The lowest BCUT2D eigenvalue weighted by molar-refractivity contribution is 0.433. The molecule has 0 radical (unpaired) electrons. The van der Waals surface area contributed by atoms with Gasteiger partial charge < -0.3 is 10.3 Å². The van der Waals surface area contributed by atoms with Crippen LogP contribution in [0.1, 0.15) is 5.69 Å². The van der Waals surface area contributed by atoms with Gasteiger partial charge in [-0.2, -0.15) is 4.98 Å². The molecule has 0 aliphatic carbocycles. The molecule has 0 amide bonds. The van der Waals surface area contributed by atoms with E-state index in [2.05, 4.69) is 15.1 Å². The maximum Gasteiger partial charge on any atom is 0.270 e. The Morgan fingerprint density at radius 3 is 2.74 bits per heavy atom. The van der Waals surface area contributed by atoms with Gasteiger partial charge in [0, 0.05) is 5.56 Å². The minimum atomic E-state index is 0.404. The molecule has 2 N–H and O–H groups in total. The monoisotopic (exact) mass is 292 g/mol. The summed E-state index contributed by atoms with van der Waals surface area (Å²) in [5, 5.41) is 5.00. The molecule has 5 nitrogen and oxygen atoms in total. The highest BCUT2D eigenvalue weighted by Crippen LogP contribution is 2.32. The smallest absolute Gasteiger partial charge is 0.270 e. The van der Waals surface area contributed by atoms with Crippen LogP contribution in [0.4, 0.5) is 5.13 Å². The third kappa shape index (κ3) is 2.20. The molecular weight excluding hydrogens is 284 g/mol. The second kappa shape index (κ2) is 4.64. The van der Waals surface area contributed by atoms with Crippen molar-refractivity contribution in [3.05, 3.63) is 35.0 Å². The Kier molecular flexibility index (Phi) is 2.96. The van der Waals surface area contributed by atoms with Crippen molar-refractivity contribution >= 4 is 28.1 Å². The van der Waals surface area contributed by atoms with Crippen molar-refractivity contribution in [2.45, 2.75) is 6.92 Å². The van der Waals surface area contributed by atoms with Crippen molar-refractivity contribution in [1.29, 1.82) is 0 Å². The van der Waals surface area contributed by atoms with E-state index in [0.29, 0.717) is 21.9 Å². The van der Waals surface area contributed by atoms with Gasteiger partial charge >= 0.3 is 0 Å². The van der Waals surface area contributed by atoms with Crippen LogP contribution in [0, 0.1) is 6.92 Å². The summed E-state index contributed by atoms with van der Waals surface area (Å²) in [7, 11) is 0. The second-order valence-corrected chi connectivity index (χ2v) is 5.31. The van der Waals surface area contributed by atoms with Crippen LogP contribution in [0.3, 0.4) is 0 Å². The number of nitrogens with zero attached hydrogens (tertiary/aromatic N) is 3. The summed E-state index contributed by atoms with van der Waals surface area (Å²) in [4.78, 5) is 9.25. The molecule has 0 bridgehead atoms. The lowest BCUT2D eigenvalue weighted by Gasteiger charge is -1.95. The lowest BCUT2D eigenvalue weighted by atomic mass is 10.2. The fourth-order valence-electron chi connectivity index (χ4n) is 1.68. The van der Waals surface area contributed by atoms with Gasteiger partial charge in [-0.15, -0.1) is 0 Å². The van der Waals surface area contributed by atoms with Crippen molar-refractivity contribution in [3.63, 3.8) is 0 Å². The van der Waals surface area contributed by atoms with E-state index in [9.17, 15) is 0 Å². The van der Waals surface area contributed by atoms with Gasteiger partial charge in [0.15, 0.2) is 5.13 Å². The third-order valence-corrected chi connectivity index (χ3v) is 3.85. The molecule has 0 atom stereocenters. The van der Waals surface area contributed by atoms with Crippen LogP contribution in [-0.2, 0) is 0 Å². The SMILES string of the molecule is Cc1nc(N)sc1-c1nc(-c2ccccc2Cl)no1. The van der Waals surface area contributed by atoms with Crippen molar-refractivity contribution in [3.8, 4) is 22.2 Å². The van der Waals surface area contributed by atoms with Gasteiger partial charge in [0.05, 0.1) is 10.7 Å². The van der Waals surface area contributed by atoms with Gasteiger partial charge in [0.2, 0.25) is 5.82 Å². The highest BCUT2D eigenvalue weighted by molar-refractivity contribution is 7.18. The summed E-state index contributed by atoms with van der Waals surface area (Å²) < 4.78 is 5.25. The number of thiazole rings is 1. The Balaban J connectivity index is 2.05. The topological polar surface area (TPSA) is 77.8 Å². The minimum absolute atomic E-state index is 0.404. The number of hydrogen-bond acceptors (Lipinski definition) is 6. The second-order valence-electron chi connectivity index (χ2n) is 3.87. The van der Waals surface area contributed by atoms with Crippen molar-refractivity contribution in [2.75, 3.05) is 5.73 Å². The largest absolute Gasteiger partial charge is 0.375 e. The van der Waals surface area contributed by atoms with E-state index < -0.39 is 0 Å². The quantitative estimate of drug-likeness (QED) is 0.783. The van der Waals surface area contributed by atoms with Gasteiger partial charge in [-0.1, -0.05) is 40.2 Å². The van der Waals surface area contributed by atoms with Crippen molar-refractivity contribution < 1.29 is 4.52 Å². The van der Waals surface area contributed by atoms with E-state index in [0.717, 1.165) is 16.1 Å². The molecule has 0 fully saturated rings. The molecule has 2 heterocycles. The van der Waals surface area contributed by atoms with E-state index in [4.69, 9.17) is 21.9 Å². The fourth-order valence-corrected chi connectivity index (χ4v) is 2.66. The number of nitrogens with two attached hydrogens (primary N) is 1. The number of hydrogen-bond donors (Lipinski definition) is 1. The minimum Gasteiger partial charge on any atom is -0.375 e. The van der Waals surface area contributed by atoms with E-state index in [1.165, 1.54) is 11.3 Å². The zero-order valence-electron chi connectivity index (χ0n) is 9.92. The Labute approximate surface area is 118 Å². The van der Waals surface area contributed by atoms with E-state index in [1.54, 1.807) is 6.07 Å². The molecule has 3 aromatic rings. The first kappa shape index (κ1) is 12.1. The molecule has 0 spiro atoms. The average molecular weight is 293 g/mol. The van der Waals surface area contributed by atoms with Crippen LogP contribution in [0.5, 0.6) is 0 Å². The van der Waals surface area contributed by atoms with Gasteiger partial charge in [0.25, 0.3) is 5.89 Å². The highest BCUT2D eigenvalue weighted by atomic mass is 35.5. The van der Waals surface area contributed by atoms with Crippen LogP contribution in [0.25, 0.3) is 22.2 Å².